The van der Waals surface area contributed by atoms with Crippen molar-refractivity contribution >= 4 is 29.3 Å². The van der Waals surface area contributed by atoms with E-state index in [1.165, 1.54) is 7.11 Å². The van der Waals surface area contributed by atoms with Crippen LogP contribution in [0, 0.1) is 0 Å². The number of hydrogen-bond acceptors (Lipinski definition) is 6. The lowest BCUT2D eigenvalue weighted by atomic mass is 10.2. The lowest BCUT2D eigenvalue weighted by Crippen LogP contribution is -2.08. The Labute approximate surface area is 132 Å². The largest absolute Gasteiger partial charge is 0.469 e. The van der Waals surface area contributed by atoms with E-state index in [4.69, 9.17) is 16.1 Å². The van der Waals surface area contributed by atoms with Crippen LogP contribution in [-0.4, -0.2) is 28.5 Å². The zero-order chi connectivity index (χ0) is 15.2. The number of esters is 1. The number of nitrogens with zero attached hydrogens (tertiary/aromatic N) is 2. The fraction of sp³-hybridized carbons (Fsp3) is 0.357. The lowest BCUT2D eigenvalue weighted by Gasteiger charge is -2.07. The molecule has 0 aliphatic rings. The average Bonchev–Trinajstić information content (AvgIpc) is 2.94. The number of hydrogen-bond donors (Lipinski definition) is 0. The third kappa shape index (κ3) is 4.75. The molecule has 0 spiro atoms. The van der Waals surface area contributed by atoms with Gasteiger partial charge in [-0.2, -0.15) is 4.98 Å². The van der Waals surface area contributed by atoms with Gasteiger partial charge < -0.3 is 9.26 Å². The van der Waals surface area contributed by atoms with E-state index in [1.807, 2.05) is 19.1 Å². The highest BCUT2D eigenvalue weighted by atomic mass is 35.5. The van der Waals surface area contributed by atoms with Gasteiger partial charge in [-0.15, -0.1) is 11.8 Å². The van der Waals surface area contributed by atoms with E-state index in [-0.39, 0.29) is 11.2 Å². The second kappa shape index (κ2) is 7.47. The minimum Gasteiger partial charge on any atom is -0.469 e. The van der Waals surface area contributed by atoms with E-state index in [0.29, 0.717) is 28.9 Å². The van der Waals surface area contributed by atoms with Crippen molar-refractivity contribution in [2.45, 2.75) is 24.3 Å². The van der Waals surface area contributed by atoms with Crippen LogP contribution < -0.4 is 0 Å². The molecule has 0 saturated carbocycles. The molecule has 21 heavy (non-hydrogen) atoms. The fourth-order valence-corrected chi connectivity index (χ4v) is 2.55. The fourth-order valence-electron chi connectivity index (χ4n) is 1.62. The van der Waals surface area contributed by atoms with E-state index in [9.17, 15) is 4.79 Å². The Morgan fingerprint density at radius 2 is 2.14 bits per heavy atom. The summed E-state index contributed by atoms with van der Waals surface area (Å²) in [5.41, 5.74) is 0.825. The predicted octanol–water partition coefficient (Wildman–Crippen LogP) is 3.57. The number of methoxy groups -OCH3 is 1. The molecule has 0 aliphatic carbocycles. The van der Waals surface area contributed by atoms with Crippen molar-refractivity contribution in [3.8, 4) is 11.5 Å². The highest BCUT2D eigenvalue weighted by Gasteiger charge is 2.13. The molecule has 1 aromatic carbocycles. The van der Waals surface area contributed by atoms with Crippen molar-refractivity contribution in [1.82, 2.24) is 10.1 Å². The molecule has 1 unspecified atom stereocenters. The van der Waals surface area contributed by atoms with Crippen LogP contribution in [0.25, 0.3) is 11.5 Å². The molecular weight excluding hydrogens is 312 g/mol. The predicted molar refractivity (Wildman–Crippen MR) is 82.1 cm³/mol. The summed E-state index contributed by atoms with van der Waals surface area (Å²) in [6.07, 6.45) is 0.364. The molecule has 5 nitrogen and oxygen atoms in total. The second-order valence-corrected chi connectivity index (χ2v) is 6.29. The molecule has 112 valence electrons. The molecule has 1 aromatic heterocycles. The van der Waals surface area contributed by atoms with Gasteiger partial charge >= 0.3 is 5.97 Å². The summed E-state index contributed by atoms with van der Waals surface area (Å²) in [6.45, 7) is 1.96. The van der Waals surface area contributed by atoms with Gasteiger partial charge in [-0.1, -0.05) is 23.7 Å². The van der Waals surface area contributed by atoms with E-state index in [1.54, 1.807) is 23.9 Å². The monoisotopic (exact) mass is 326 g/mol. The summed E-state index contributed by atoms with van der Waals surface area (Å²) in [6, 6.07) is 7.20. The Morgan fingerprint density at radius 1 is 1.43 bits per heavy atom. The molecule has 2 aromatic rings. The first-order valence-electron chi connectivity index (χ1n) is 6.35. The molecule has 0 bridgehead atoms. The highest BCUT2D eigenvalue weighted by molar-refractivity contribution is 7.99. The van der Waals surface area contributed by atoms with Crippen LogP contribution in [0.1, 0.15) is 19.2 Å². The first-order valence-corrected chi connectivity index (χ1v) is 7.78. The molecule has 1 atom stereocenters. The molecule has 2 rings (SSSR count). The van der Waals surface area contributed by atoms with Gasteiger partial charge in [0.2, 0.25) is 0 Å². The molecule has 0 amide bonds. The van der Waals surface area contributed by atoms with E-state index < -0.39 is 0 Å². The Kier molecular flexibility index (Phi) is 5.64. The summed E-state index contributed by atoms with van der Waals surface area (Å²) < 4.78 is 9.85. The van der Waals surface area contributed by atoms with Crippen LogP contribution in [0.4, 0.5) is 0 Å². The van der Waals surface area contributed by atoms with Gasteiger partial charge in [0, 0.05) is 15.8 Å². The van der Waals surface area contributed by atoms with Crippen LogP contribution in [0.15, 0.2) is 28.8 Å². The number of carbonyl (C=O) groups excluding carboxylic acids is 1. The maximum Gasteiger partial charge on any atom is 0.306 e. The number of halogens is 1. The van der Waals surface area contributed by atoms with Gasteiger partial charge in [0.1, 0.15) is 0 Å². The van der Waals surface area contributed by atoms with Crippen molar-refractivity contribution in [1.29, 1.82) is 0 Å². The molecule has 0 saturated heterocycles. The number of thioether (sulfide) groups is 1. The second-order valence-electron chi connectivity index (χ2n) is 4.42. The van der Waals surface area contributed by atoms with Gasteiger partial charge in [0.15, 0.2) is 5.82 Å². The molecule has 0 radical (unpaired) electrons. The molecular formula is C14H15ClN2O3S. The Bertz CT molecular complexity index is 601. The number of benzene rings is 1. The van der Waals surface area contributed by atoms with Crippen molar-refractivity contribution in [3.63, 3.8) is 0 Å². The van der Waals surface area contributed by atoms with Crippen molar-refractivity contribution < 1.29 is 14.1 Å². The molecule has 0 aliphatic heterocycles. The Hall–Kier alpha value is -1.53. The standard InChI is InChI=1S/C14H15ClN2O3S/c1-9(7-13(18)19-2)21-8-12-16-14(20-17-12)10-3-5-11(15)6-4-10/h3-6,9H,7-8H2,1-2H3. The van der Waals surface area contributed by atoms with E-state index in [2.05, 4.69) is 14.9 Å². The van der Waals surface area contributed by atoms with Crippen LogP contribution in [0.2, 0.25) is 5.02 Å². The van der Waals surface area contributed by atoms with Crippen LogP contribution in [0.5, 0.6) is 0 Å². The summed E-state index contributed by atoms with van der Waals surface area (Å²) in [5, 5.41) is 4.72. The first kappa shape index (κ1) is 15.9. The highest BCUT2D eigenvalue weighted by Crippen LogP contribution is 2.23. The lowest BCUT2D eigenvalue weighted by molar-refractivity contribution is -0.140. The normalized spacial score (nSPS) is 12.1. The summed E-state index contributed by atoms with van der Waals surface area (Å²) >= 11 is 7.41. The van der Waals surface area contributed by atoms with Crippen LogP contribution in [-0.2, 0) is 15.3 Å². The minimum atomic E-state index is -0.218. The van der Waals surface area contributed by atoms with Crippen molar-refractivity contribution in [2.75, 3.05) is 7.11 Å². The summed E-state index contributed by atoms with van der Waals surface area (Å²) in [5.74, 6) is 1.42. The third-order valence-corrected chi connectivity index (χ3v) is 4.15. The molecule has 0 N–H and O–H groups in total. The first-order chi connectivity index (χ1) is 10.1. The van der Waals surface area contributed by atoms with Crippen molar-refractivity contribution in [2.24, 2.45) is 0 Å². The summed E-state index contributed by atoms with van der Waals surface area (Å²) in [4.78, 5) is 15.5. The van der Waals surface area contributed by atoms with Gasteiger partial charge in [-0.25, -0.2) is 0 Å². The third-order valence-electron chi connectivity index (χ3n) is 2.74. The van der Waals surface area contributed by atoms with E-state index >= 15 is 0 Å². The average molecular weight is 327 g/mol. The van der Waals surface area contributed by atoms with Crippen LogP contribution >= 0.6 is 23.4 Å². The number of aromatic nitrogens is 2. The quantitative estimate of drug-likeness (QED) is 0.756. The van der Waals surface area contributed by atoms with Gasteiger partial charge in [0.05, 0.1) is 19.3 Å². The maximum absolute atomic E-state index is 11.2. The Morgan fingerprint density at radius 3 is 2.81 bits per heavy atom. The topological polar surface area (TPSA) is 65.2 Å². The van der Waals surface area contributed by atoms with Crippen LogP contribution in [0.3, 0.4) is 0 Å². The number of rotatable bonds is 6. The number of carbonyl (C=O) groups is 1. The zero-order valence-corrected chi connectivity index (χ0v) is 13.3. The SMILES string of the molecule is COC(=O)CC(C)SCc1noc(-c2ccc(Cl)cc2)n1. The molecule has 7 heteroatoms. The van der Waals surface area contributed by atoms with Gasteiger partial charge in [0.25, 0.3) is 5.89 Å². The zero-order valence-electron chi connectivity index (χ0n) is 11.7. The van der Waals surface area contributed by atoms with Gasteiger partial charge in [-0.3, -0.25) is 4.79 Å². The minimum absolute atomic E-state index is 0.134. The van der Waals surface area contributed by atoms with E-state index in [0.717, 1.165) is 5.56 Å². The van der Waals surface area contributed by atoms with Gasteiger partial charge in [-0.05, 0) is 24.3 Å². The molecule has 1 heterocycles. The summed E-state index contributed by atoms with van der Waals surface area (Å²) in [7, 11) is 1.39. The number of ether oxygens (including phenoxy) is 1. The maximum atomic E-state index is 11.2. The Balaban J connectivity index is 1.91. The smallest absolute Gasteiger partial charge is 0.306 e. The molecule has 0 fully saturated rings. The van der Waals surface area contributed by atoms with Crippen molar-refractivity contribution in [3.05, 3.63) is 35.1 Å².